The number of benzene rings is 1. The van der Waals surface area contributed by atoms with Crippen LogP contribution in [0.4, 0.5) is 4.79 Å². The minimum atomic E-state index is -0.949. The summed E-state index contributed by atoms with van der Waals surface area (Å²) in [7, 11) is 0. The zero-order chi connectivity index (χ0) is 22.4. The lowest BCUT2D eigenvalue weighted by Gasteiger charge is -2.38. The average molecular weight is 471 g/mol. The highest BCUT2D eigenvalue weighted by molar-refractivity contribution is 7.09. The normalized spacial score (nSPS) is 20.9. The topological polar surface area (TPSA) is 86.6 Å². The van der Waals surface area contributed by atoms with Gasteiger partial charge in [-0.2, -0.15) is 0 Å². The molecule has 32 heavy (non-hydrogen) atoms. The fourth-order valence-electron chi connectivity index (χ4n) is 4.78. The van der Waals surface area contributed by atoms with Gasteiger partial charge in [0.2, 0.25) is 0 Å². The lowest BCUT2D eigenvalue weighted by atomic mass is 9.86. The van der Waals surface area contributed by atoms with Crippen LogP contribution in [0.15, 0.2) is 29.8 Å². The molecular weight excluding hydrogens is 448 g/mol. The van der Waals surface area contributed by atoms with Crippen molar-refractivity contribution in [3.05, 3.63) is 56.6 Å². The summed E-state index contributed by atoms with van der Waals surface area (Å²) in [4.78, 5) is 36.9. The number of carboxylic acid groups (broad SMARTS) is 1. The Morgan fingerprint density at radius 3 is 2.84 bits per heavy atom. The summed E-state index contributed by atoms with van der Waals surface area (Å²) < 4.78 is 0. The van der Waals surface area contributed by atoms with Gasteiger partial charge in [0.25, 0.3) is 5.91 Å². The van der Waals surface area contributed by atoms with Crippen molar-refractivity contribution >= 4 is 45.8 Å². The number of carbonyl (C=O) groups excluding carboxylic acids is 1. The van der Waals surface area contributed by atoms with Crippen LogP contribution in [-0.4, -0.2) is 62.6 Å². The number of amides is 2. The molecule has 3 heterocycles. The highest BCUT2D eigenvalue weighted by atomic mass is 35.5. The van der Waals surface area contributed by atoms with Gasteiger partial charge in [-0.25, -0.2) is 9.78 Å². The maximum Gasteiger partial charge on any atom is 0.407 e. The number of rotatable bonds is 2. The fraction of sp³-hybridized carbons (Fsp3) is 0.391. The van der Waals surface area contributed by atoms with Gasteiger partial charge in [-0.05, 0) is 43.9 Å². The third kappa shape index (κ3) is 3.71. The molecule has 9 heteroatoms. The summed E-state index contributed by atoms with van der Waals surface area (Å²) in [6.07, 6.45) is 3.56. The van der Waals surface area contributed by atoms with Crippen molar-refractivity contribution in [3.8, 4) is 0 Å². The number of aromatic nitrogens is 2. The molecule has 0 radical (unpaired) electrons. The number of thiazole rings is 1. The van der Waals surface area contributed by atoms with Crippen molar-refractivity contribution in [3.63, 3.8) is 0 Å². The molecule has 0 spiro atoms. The number of nitrogens with zero attached hydrogens (tertiary/aromatic N) is 4. The number of halogens is 1. The van der Waals surface area contributed by atoms with E-state index in [1.807, 2.05) is 30.6 Å². The van der Waals surface area contributed by atoms with Crippen LogP contribution in [0.3, 0.4) is 0 Å². The molecule has 2 aromatic heterocycles. The van der Waals surface area contributed by atoms with Crippen molar-refractivity contribution in [2.45, 2.75) is 38.1 Å². The molecule has 1 fully saturated rings. The van der Waals surface area contributed by atoms with Crippen LogP contribution >= 0.6 is 22.9 Å². The van der Waals surface area contributed by atoms with Crippen molar-refractivity contribution < 1.29 is 14.7 Å². The van der Waals surface area contributed by atoms with Gasteiger partial charge in [0.1, 0.15) is 0 Å². The molecule has 0 saturated carbocycles. The lowest BCUT2D eigenvalue weighted by Crippen LogP contribution is -2.55. The van der Waals surface area contributed by atoms with Crippen LogP contribution < -0.4 is 0 Å². The van der Waals surface area contributed by atoms with Crippen LogP contribution in [0.1, 0.15) is 45.9 Å². The largest absolute Gasteiger partial charge is 0.465 e. The Morgan fingerprint density at radius 2 is 2.12 bits per heavy atom. The fourth-order valence-corrected chi connectivity index (χ4v) is 5.92. The summed E-state index contributed by atoms with van der Waals surface area (Å²) in [6, 6.07) is 5.24. The third-order valence-corrected chi connectivity index (χ3v) is 7.86. The van der Waals surface area contributed by atoms with E-state index >= 15 is 0 Å². The molecule has 1 N–H and O–H groups in total. The highest BCUT2D eigenvalue weighted by Crippen LogP contribution is 2.38. The minimum Gasteiger partial charge on any atom is -0.465 e. The molecule has 1 aliphatic carbocycles. The second-order valence-electron chi connectivity index (χ2n) is 8.47. The van der Waals surface area contributed by atoms with E-state index in [0.29, 0.717) is 31.1 Å². The maximum atomic E-state index is 13.1. The first-order valence-electron chi connectivity index (χ1n) is 10.7. The molecule has 2 amide bonds. The predicted molar refractivity (Wildman–Crippen MR) is 124 cm³/mol. The van der Waals surface area contributed by atoms with E-state index in [2.05, 4.69) is 4.98 Å². The Kier molecular flexibility index (Phi) is 5.51. The van der Waals surface area contributed by atoms with E-state index in [4.69, 9.17) is 16.6 Å². The van der Waals surface area contributed by atoms with Gasteiger partial charge < -0.3 is 14.9 Å². The molecule has 166 valence electrons. The summed E-state index contributed by atoms with van der Waals surface area (Å²) in [6.45, 7) is 2.88. The zero-order valence-corrected chi connectivity index (χ0v) is 19.2. The SMILES string of the molecule is C[C@@H]1CN(C(=O)c2ccc3c(Cl)c4c(nc3c2)CC(c2nccs2)CC4)CCN1C(=O)O. The molecule has 1 aromatic carbocycles. The number of pyridine rings is 1. The number of carbonyl (C=O) groups is 2. The van der Waals surface area contributed by atoms with Gasteiger partial charge in [-0.15, -0.1) is 11.3 Å². The van der Waals surface area contributed by atoms with Crippen molar-refractivity contribution in [1.82, 2.24) is 19.8 Å². The first-order valence-corrected chi connectivity index (χ1v) is 12.0. The summed E-state index contributed by atoms with van der Waals surface area (Å²) >= 11 is 8.44. The third-order valence-electron chi connectivity index (χ3n) is 6.49. The van der Waals surface area contributed by atoms with Gasteiger partial charge in [0, 0.05) is 59.8 Å². The molecule has 1 aliphatic heterocycles. The Balaban J connectivity index is 1.43. The second kappa shape index (κ2) is 8.33. The first-order chi connectivity index (χ1) is 15.4. The van der Waals surface area contributed by atoms with Crippen LogP contribution in [0, 0.1) is 0 Å². The summed E-state index contributed by atoms with van der Waals surface area (Å²) in [5.41, 5.74) is 3.35. The number of hydrogen-bond donors (Lipinski definition) is 1. The van der Waals surface area contributed by atoms with Crippen LogP contribution in [0.25, 0.3) is 10.9 Å². The molecule has 2 atom stereocenters. The number of fused-ring (bicyclic) bond motifs is 2. The van der Waals surface area contributed by atoms with Crippen molar-refractivity contribution in [2.75, 3.05) is 19.6 Å². The Morgan fingerprint density at radius 1 is 1.28 bits per heavy atom. The number of piperazine rings is 1. The molecule has 7 nitrogen and oxygen atoms in total. The van der Waals surface area contributed by atoms with Crippen molar-refractivity contribution in [2.24, 2.45) is 0 Å². The van der Waals surface area contributed by atoms with E-state index in [1.54, 1.807) is 22.3 Å². The quantitative estimate of drug-likeness (QED) is 0.598. The standard InChI is InChI=1S/C23H23ClN4O3S/c1-13-12-27(7-8-28(13)23(30)31)22(29)15-3-5-17-19(11-15)26-18-10-14(21-25-6-9-32-21)2-4-16(18)20(17)24/h3,5-6,9,11,13-14H,2,4,7-8,10,12H2,1H3,(H,30,31)/t13-,14?/m1/s1. The molecule has 5 rings (SSSR count). The molecular formula is C23H23ClN4O3S. The van der Waals surface area contributed by atoms with E-state index in [0.717, 1.165) is 51.5 Å². The van der Waals surface area contributed by atoms with Crippen LogP contribution in [0.5, 0.6) is 0 Å². The lowest BCUT2D eigenvalue weighted by molar-refractivity contribution is 0.0507. The van der Waals surface area contributed by atoms with Gasteiger partial charge in [-0.3, -0.25) is 9.78 Å². The summed E-state index contributed by atoms with van der Waals surface area (Å²) in [5, 5.41) is 14.0. The molecule has 3 aromatic rings. The van der Waals surface area contributed by atoms with Gasteiger partial charge in [0.05, 0.1) is 15.5 Å². The van der Waals surface area contributed by atoms with Crippen molar-refractivity contribution in [1.29, 1.82) is 0 Å². The first kappa shape index (κ1) is 21.2. The van der Waals surface area contributed by atoms with E-state index < -0.39 is 6.09 Å². The Hall–Kier alpha value is -2.71. The summed E-state index contributed by atoms with van der Waals surface area (Å²) in [5.74, 6) is 0.237. The zero-order valence-electron chi connectivity index (χ0n) is 17.6. The highest BCUT2D eigenvalue weighted by Gasteiger charge is 2.30. The van der Waals surface area contributed by atoms with Gasteiger partial charge in [0.15, 0.2) is 0 Å². The van der Waals surface area contributed by atoms with Crippen LogP contribution in [-0.2, 0) is 12.8 Å². The van der Waals surface area contributed by atoms with E-state index in [9.17, 15) is 14.7 Å². The van der Waals surface area contributed by atoms with E-state index in [-0.39, 0.29) is 11.9 Å². The van der Waals surface area contributed by atoms with E-state index in [1.165, 1.54) is 4.90 Å². The molecule has 2 aliphatic rings. The molecule has 0 bridgehead atoms. The smallest absolute Gasteiger partial charge is 0.407 e. The second-order valence-corrected chi connectivity index (χ2v) is 9.77. The van der Waals surface area contributed by atoms with Crippen LogP contribution in [0.2, 0.25) is 5.02 Å². The maximum absolute atomic E-state index is 13.1. The Labute approximate surface area is 194 Å². The monoisotopic (exact) mass is 470 g/mol. The molecule has 1 unspecified atom stereocenters. The van der Waals surface area contributed by atoms with Gasteiger partial charge >= 0.3 is 6.09 Å². The molecule has 1 saturated heterocycles. The number of hydrogen-bond acceptors (Lipinski definition) is 5. The van der Waals surface area contributed by atoms with Gasteiger partial charge in [-0.1, -0.05) is 17.7 Å². The predicted octanol–water partition coefficient (Wildman–Crippen LogP) is 4.44. The average Bonchev–Trinajstić information content (AvgIpc) is 3.33. The Bertz CT molecular complexity index is 1200. The minimum absolute atomic E-state index is 0.111.